The zero-order chi connectivity index (χ0) is 18.4. The average Bonchev–Trinajstić information content (AvgIpc) is 3.03. The van der Waals surface area contributed by atoms with Crippen LogP contribution in [0, 0.1) is 0 Å². The summed E-state index contributed by atoms with van der Waals surface area (Å²) in [5.74, 6) is -0.999. The van der Waals surface area contributed by atoms with Crippen molar-refractivity contribution in [3.8, 4) is 0 Å². The van der Waals surface area contributed by atoms with Crippen molar-refractivity contribution in [3.05, 3.63) is 41.0 Å². The third kappa shape index (κ3) is 3.22. The lowest BCUT2D eigenvalue weighted by atomic mass is 9.77. The number of benzene rings is 1. The van der Waals surface area contributed by atoms with Crippen molar-refractivity contribution >= 4 is 30.1 Å². The van der Waals surface area contributed by atoms with Crippen LogP contribution in [0.1, 0.15) is 43.7 Å². The molecule has 0 amide bonds. The molecule has 1 aliphatic heterocycles. The molecule has 0 aliphatic carbocycles. The summed E-state index contributed by atoms with van der Waals surface area (Å²) in [6.07, 6.45) is 1.81. The SMILES string of the molecule is CC1(C)OB(C(=Cc2ccc3cc(C(=O)O)[nH]c3c2)CO)OC1(C)C. The third-order valence-corrected chi connectivity index (χ3v) is 4.97. The van der Waals surface area contributed by atoms with Gasteiger partial charge in [0.2, 0.25) is 0 Å². The lowest BCUT2D eigenvalue weighted by Gasteiger charge is -2.32. The number of nitrogens with one attached hydrogen (secondary N) is 1. The number of fused-ring (bicyclic) bond motifs is 1. The number of aromatic amines is 1. The van der Waals surface area contributed by atoms with Crippen molar-refractivity contribution in [2.45, 2.75) is 38.9 Å². The van der Waals surface area contributed by atoms with E-state index in [0.29, 0.717) is 5.47 Å². The van der Waals surface area contributed by atoms with Gasteiger partial charge in [0, 0.05) is 10.9 Å². The van der Waals surface area contributed by atoms with Gasteiger partial charge in [-0.15, -0.1) is 0 Å². The number of rotatable bonds is 4. The van der Waals surface area contributed by atoms with E-state index in [9.17, 15) is 9.90 Å². The van der Waals surface area contributed by atoms with Crippen LogP contribution in [-0.2, 0) is 9.31 Å². The summed E-state index contributed by atoms with van der Waals surface area (Å²) in [6.45, 7) is 7.64. The maximum absolute atomic E-state index is 11.1. The Morgan fingerprint density at radius 2 is 1.84 bits per heavy atom. The number of aromatic nitrogens is 1. The maximum atomic E-state index is 11.1. The van der Waals surface area contributed by atoms with Crippen LogP contribution in [-0.4, -0.2) is 46.1 Å². The number of aliphatic hydroxyl groups is 1. The fourth-order valence-corrected chi connectivity index (χ4v) is 2.75. The number of carboxylic acid groups (broad SMARTS) is 1. The van der Waals surface area contributed by atoms with E-state index in [0.717, 1.165) is 16.5 Å². The Hall–Kier alpha value is -2.09. The Bertz CT molecular complexity index is 836. The summed E-state index contributed by atoms with van der Waals surface area (Å²) in [5.41, 5.74) is 1.34. The Morgan fingerprint density at radius 1 is 1.20 bits per heavy atom. The Morgan fingerprint density at radius 3 is 2.40 bits per heavy atom. The molecule has 1 saturated heterocycles. The fraction of sp³-hybridized carbons (Fsp3) is 0.389. The van der Waals surface area contributed by atoms with Crippen molar-refractivity contribution < 1.29 is 24.3 Å². The molecule has 25 heavy (non-hydrogen) atoms. The largest absolute Gasteiger partial charge is 0.492 e. The van der Waals surface area contributed by atoms with Crippen molar-refractivity contribution in [1.29, 1.82) is 0 Å². The molecule has 3 N–H and O–H groups in total. The second kappa shape index (κ2) is 6.02. The van der Waals surface area contributed by atoms with E-state index in [-0.39, 0.29) is 12.3 Å². The highest BCUT2D eigenvalue weighted by atomic mass is 16.7. The molecule has 7 heteroatoms. The molecule has 132 valence electrons. The number of aromatic carboxylic acids is 1. The highest BCUT2D eigenvalue weighted by Crippen LogP contribution is 2.38. The van der Waals surface area contributed by atoms with E-state index < -0.39 is 24.3 Å². The molecular formula is C18H22BNO5. The summed E-state index contributed by atoms with van der Waals surface area (Å²) in [5, 5.41) is 19.7. The van der Waals surface area contributed by atoms with Gasteiger partial charge in [0.05, 0.1) is 17.8 Å². The molecule has 2 aromatic rings. The summed E-state index contributed by atoms with van der Waals surface area (Å²) in [6, 6.07) is 7.13. The monoisotopic (exact) mass is 343 g/mol. The highest BCUT2D eigenvalue weighted by molar-refractivity contribution is 6.55. The molecule has 0 atom stereocenters. The average molecular weight is 343 g/mol. The smallest absolute Gasteiger partial charge is 0.477 e. The number of H-pyrrole nitrogens is 1. The summed E-state index contributed by atoms with van der Waals surface area (Å²) < 4.78 is 12.0. The van der Waals surface area contributed by atoms with Crippen LogP contribution >= 0.6 is 0 Å². The van der Waals surface area contributed by atoms with E-state index in [4.69, 9.17) is 14.4 Å². The molecule has 1 aliphatic rings. The fourth-order valence-electron chi connectivity index (χ4n) is 2.75. The number of carbonyl (C=O) groups is 1. The first-order chi connectivity index (χ1) is 11.6. The van der Waals surface area contributed by atoms with E-state index in [1.54, 1.807) is 6.07 Å². The van der Waals surface area contributed by atoms with Crippen LogP contribution in [0.15, 0.2) is 29.7 Å². The molecule has 1 aromatic heterocycles. The summed E-state index contributed by atoms with van der Waals surface area (Å²) >= 11 is 0. The zero-order valence-electron chi connectivity index (χ0n) is 14.8. The highest BCUT2D eigenvalue weighted by Gasteiger charge is 2.52. The lowest BCUT2D eigenvalue weighted by molar-refractivity contribution is 0.00578. The first-order valence-corrected chi connectivity index (χ1v) is 8.16. The predicted octanol–water partition coefficient (Wildman–Crippen LogP) is 2.87. The van der Waals surface area contributed by atoms with Crippen molar-refractivity contribution in [2.24, 2.45) is 0 Å². The van der Waals surface area contributed by atoms with Crippen LogP contribution in [0.2, 0.25) is 0 Å². The van der Waals surface area contributed by atoms with Crippen molar-refractivity contribution in [1.82, 2.24) is 4.98 Å². The molecule has 0 radical (unpaired) electrons. The molecule has 3 rings (SSSR count). The molecule has 0 saturated carbocycles. The zero-order valence-corrected chi connectivity index (χ0v) is 14.8. The predicted molar refractivity (Wildman–Crippen MR) is 96.4 cm³/mol. The minimum atomic E-state index is -0.999. The number of aliphatic hydroxyl groups excluding tert-OH is 1. The first-order valence-electron chi connectivity index (χ1n) is 8.16. The lowest BCUT2D eigenvalue weighted by Crippen LogP contribution is -2.41. The van der Waals surface area contributed by atoms with Gasteiger partial charge in [-0.2, -0.15) is 0 Å². The minimum Gasteiger partial charge on any atom is -0.477 e. The van der Waals surface area contributed by atoms with Crippen LogP contribution in [0.25, 0.3) is 17.0 Å². The van der Waals surface area contributed by atoms with Crippen LogP contribution in [0.4, 0.5) is 0 Å². The van der Waals surface area contributed by atoms with Crippen LogP contribution in [0.3, 0.4) is 0 Å². The molecule has 0 spiro atoms. The van der Waals surface area contributed by atoms with Gasteiger partial charge in [-0.25, -0.2) is 4.79 Å². The van der Waals surface area contributed by atoms with E-state index in [1.165, 1.54) is 0 Å². The Kier molecular flexibility index (Phi) is 4.27. The second-order valence-corrected chi connectivity index (χ2v) is 7.30. The number of hydrogen-bond acceptors (Lipinski definition) is 4. The van der Waals surface area contributed by atoms with E-state index in [2.05, 4.69) is 4.98 Å². The summed E-state index contributed by atoms with van der Waals surface area (Å²) in [4.78, 5) is 13.9. The molecule has 1 aromatic carbocycles. The standard InChI is InChI=1S/C18H22BNO5/c1-17(2)18(3,4)25-19(24-17)13(10-21)7-11-5-6-12-9-15(16(22)23)20-14(12)8-11/h5-9,20-21H,10H2,1-4H3,(H,22,23). The van der Waals surface area contributed by atoms with Gasteiger partial charge in [-0.05, 0) is 50.9 Å². The van der Waals surface area contributed by atoms with Gasteiger partial charge < -0.3 is 24.5 Å². The van der Waals surface area contributed by atoms with Gasteiger partial charge in [-0.1, -0.05) is 18.2 Å². The Labute approximate surface area is 146 Å². The molecule has 1 fully saturated rings. The maximum Gasteiger partial charge on any atom is 0.492 e. The van der Waals surface area contributed by atoms with E-state index >= 15 is 0 Å². The van der Waals surface area contributed by atoms with Crippen molar-refractivity contribution in [2.75, 3.05) is 6.61 Å². The molecule has 6 nitrogen and oxygen atoms in total. The molecule has 2 heterocycles. The van der Waals surface area contributed by atoms with Crippen LogP contribution < -0.4 is 0 Å². The van der Waals surface area contributed by atoms with E-state index in [1.807, 2.05) is 52.0 Å². The van der Waals surface area contributed by atoms with Gasteiger partial charge in [0.25, 0.3) is 0 Å². The summed E-state index contributed by atoms with van der Waals surface area (Å²) in [7, 11) is -0.621. The minimum absolute atomic E-state index is 0.143. The number of carboxylic acids is 1. The van der Waals surface area contributed by atoms with Gasteiger partial charge in [-0.3, -0.25) is 0 Å². The van der Waals surface area contributed by atoms with Gasteiger partial charge in [0.1, 0.15) is 5.69 Å². The normalized spacial score (nSPS) is 19.6. The topological polar surface area (TPSA) is 91.8 Å². The van der Waals surface area contributed by atoms with Gasteiger partial charge in [0.15, 0.2) is 0 Å². The molecule has 0 unspecified atom stereocenters. The second-order valence-electron chi connectivity index (χ2n) is 7.30. The number of hydrogen-bond donors (Lipinski definition) is 3. The molecular weight excluding hydrogens is 321 g/mol. The van der Waals surface area contributed by atoms with Crippen LogP contribution in [0.5, 0.6) is 0 Å². The quantitative estimate of drug-likeness (QED) is 0.743. The Balaban J connectivity index is 1.92. The first kappa shape index (κ1) is 17.7. The molecule has 0 bridgehead atoms. The van der Waals surface area contributed by atoms with Gasteiger partial charge >= 0.3 is 13.1 Å². The third-order valence-electron chi connectivity index (χ3n) is 4.97. The van der Waals surface area contributed by atoms with Crippen molar-refractivity contribution in [3.63, 3.8) is 0 Å².